The van der Waals surface area contributed by atoms with Crippen molar-refractivity contribution in [3.63, 3.8) is 0 Å². The summed E-state index contributed by atoms with van der Waals surface area (Å²) in [5.41, 5.74) is -0.194. The number of nitro benzene ring substituents is 1. The van der Waals surface area contributed by atoms with Crippen LogP contribution in [0.3, 0.4) is 0 Å². The molecule has 0 bridgehead atoms. The SMILES string of the molecule is COC(=O)c1cc(/C=N/O)ccc1[N+](=O)[O-]. The van der Waals surface area contributed by atoms with E-state index in [4.69, 9.17) is 5.21 Å². The minimum Gasteiger partial charge on any atom is -0.465 e. The summed E-state index contributed by atoms with van der Waals surface area (Å²) >= 11 is 0. The summed E-state index contributed by atoms with van der Waals surface area (Å²) in [7, 11) is 1.12. The van der Waals surface area contributed by atoms with Crippen LogP contribution in [-0.2, 0) is 4.74 Å². The summed E-state index contributed by atoms with van der Waals surface area (Å²) in [6, 6.07) is 3.71. The lowest BCUT2D eigenvalue weighted by molar-refractivity contribution is -0.385. The van der Waals surface area contributed by atoms with Gasteiger partial charge >= 0.3 is 5.97 Å². The summed E-state index contributed by atoms with van der Waals surface area (Å²) in [5.74, 6) is -0.820. The van der Waals surface area contributed by atoms with E-state index in [9.17, 15) is 14.9 Å². The Morgan fingerprint density at radius 1 is 1.62 bits per heavy atom. The van der Waals surface area contributed by atoms with Crippen molar-refractivity contribution in [2.45, 2.75) is 0 Å². The number of carbonyl (C=O) groups is 1. The smallest absolute Gasteiger partial charge is 0.344 e. The largest absolute Gasteiger partial charge is 0.465 e. The number of hydrogen-bond acceptors (Lipinski definition) is 6. The molecular weight excluding hydrogens is 216 g/mol. The first kappa shape index (κ1) is 11.6. The molecule has 0 aliphatic heterocycles. The van der Waals surface area contributed by atoms with Crippen molar-refractivity contribution in [2.24, 2.45) is 5.16 Å². The molecule has 0 atom stereocenters. The molecule has 1 aromatic rings. The normalized spacial score (nSPS) is 10.3. The molecule has 16 heavy (non-hydrogen) atoms. The minimum atomic E-state index is -0.820. The van der Waals surface area contributed by atoms with E-state index in [-0.39, 0.29) is 11.3 Å². The zero-order chi connectivity index (χ0) is 12.1. The first-order valence-corrected chi connectivity index (χ1v) is 4.14. The van der Waals surface area contributed by atoms with E-state index in [0.717, 1.165) is 19.4 Å². The number of esters is 1. The third-order valence-electron chi connectivity index (χ3n) is 1.83. The molecular formula is C9H8N2O5. The van der Waals surface area contributed by atoms with E-state index < -0.39 is 10.9 Å². The fraction of sp³-hybridized carbons (Fsp3) is 0.111. The molecule has 0 aliphatic carbocycles. The molecule has 7 heteroatoms. The second-order valence-corrected chi connectivity index (χ2v) is 2.77. The molecule has 1 aromatic carbocycles. The van der Waals surface area contributed by atoms with E-state index in [2.05, 4.69) is 9.89 Å². The highest BCUT2D eigenvalue weighted by atomic mass is 16.6. The second kappa shape index (κ2) is 4.87. The van der Waals surface area contributed by atoms with Gasteiger partial charge in [-0.15, -0.1) is 0 Å². The maximum Gasteiger partial charge on any atom is 0.344 e. The van der Waals surface area contributed by atoms with E-state index >= 15 is 0 Å². The molecule has 0 saturated carbocycles. The Balaban J connectivity index is 3.32. The lowest BCUT2D eigenvalue weighted by Gasteiger charge is -2.01. The predicted octanol–water partition coefficient (Wildman–Crippen LogP) is 1.19. The van der Waals surface area contributed by atoms with Gasteiger partial charge in [0.1, 0.15) is 5.56 Å². The molecule has 0 saturated heterocycles. The maximum absolute atomic E-state index is 11.3. The Morgan fingerprint density at radius 2 is 2.31 bits per heavy atom. The molecule has 1 N–H and O–H groups in total. The van der Waals surface area contributed by atoms with E-state index in [1.807, 2.05) is 0 Å². The summed E-state index contributed by atoms with van der Waals surface area (Å²) in [6.07, 6.45) is 1.05. The van der Waals surface area contributed by atoms with Gasteiger partial charge in [0.05, 0.1) is 18.2 Å². The van der Waals surface area contributed by atoms with Crippen LogP contribution >= 0.6 is 0 Å². The average molecular weight is 224 g/mol. The number of carbonyl (C=O) groups excluding carboxylic acids is 1. The van der Waals surface area contributed by atoms with Crippen molar-refractivity contribution < 1.29 is 19.7 Å². The third kappa shape index (κ3) is 2.32. The monoisotopic (exact) mass is 224 g/mol. The van der Waals surface area contributed by atoms with Crippen molar-refractivity contribution in [1.82, 2.24) is 0 Å². The van der Waals surface area contributed by atoms with Crippen molar-refractivity contribution in [1.29, 1.82) is 0 Å². The van der Waals surface area contributed by atoms with Crippen LogP contribution in [0.5, 0.6) is 0 Å². The Kier molecular flexibility index (Phi) is 3.54. The van der Waals surface area contributed by atoms with Crippen LogP contribution < -0.4 is 0 Å². The Bertz CT molecular complexity index is 455. The number of rotatable bonds is 3. The Hall–Kier alpha value is -2.44. The molecule has 0 spiro atoms. The summed E-state index contributed by atoms with van der Waals surface area (Å²) in [6.45, 7) is 0. The van der Waals surface area contributed by atoms with Crippen LogP contribution in [0.1, 0.15) is 15.9 Å². The van der Waals surface area contributed by atoms with Gasteiger partial charge in [-0.3, -0.25) is 10.1 Å². The summed E-state index contributed by atoms with van der Waals surface area (Å²) in [5, 5.41) is 21.7. The highest BCUT2D eigenvalue weighted by molar-refractivity contribution is 5.96. The van der Waals surface area contributed by atoms with E-state index in [0.29, 0.717) is 5.56 Å². The summed E-state index contributed by atoms with van der Waals surface area (Å²) < 4.78 is 4.41. The number of methoxy groups -OCH3 is 1. The minimum absolute atomic E-state index is 0.190. The van der Waals surface area contributed by atoms with Gasteiger partial charge in [0.25, 0.3) is 5.69 Å². The van der Waals surface area contributed by atoms with Crippen LogP contribution in [0.25, 0.3) is 0 Å². The first-order valence-electron chi connectivity index (χ1n) is 4.14. The topological polar surface area (TPSA) is 102 Å². The fourth-order valence-corrected chi connectivity index (χ4v) is 1.13. The number of ether oxygens (including phenoxy) is 1. The quantitative estimate of drug-likeness (QED) is 0.273. The fourth-order valence-electron chi connectivity index (χ4n) is 1.13. The molecule has 0 aromatic heterocycles. The van der Waals surface area contributed by atoms with Crippen LogP contribution in [0.15, 0.2) is 23.4 Å². The molecule has 0 unspecified atom stereocenters. The molecule has 7 nitrogen and oxygen atoms in total. The number of benzene rings is 1. The average Bonchev–Trinajstić information content (AvgIpc) is 2.28. The van der Waals surface area contributed by atoms with Crippen molar-refractivity contribution in [2.75, 3.05) is 7.11 Å². The van der Waals surface area contributed by atoms with Gasteiger partial charge in [-0.2, -0.15) is 0 Å². The number of hydrogen-bond donors (Lipinski definition) is 1. The zero-order valence-electron chi connectivity index (χ0n) is 8.28. The molecule has 1 rings (SSSR count). The van der Waals surface area contributed by atoms with Gasteiger partial charge in [-0.05, 0) is 17.7 Å². The molecule has 0 amide bonds. The van der Waals surface area contributed by atoms with Crippen molar-refractivity contribution >= 4 is 17.9 Å². The maximum atomic E-state index is 11.3. The van der Waals surface area contributed by atoms with Crippen molar-refractivity contribution in [3.8, 4) is 0 Å². The standard InChI is InChI=1S/C9H8N2O5/c1-16-9(12)7-4-6(5-10-13)2-3-8(7)11(14)15/h2-5,13H,1H3/b10-5+. The molecule has 0 aliphatic rings. The van der Waals surface area contributed by atoms with Crippen LogP contribution in [0.4, 0.5) is 5.69 Å². The number of oxime groups is 1. The van der Waals surface area contributed by atoms with Crippen LogP contribution in [-0.4, -0.2) is 29.4 Å². The lowest BCUT2D eigenvalue weighted by Crippen LogP contribution is -2.06. The predicted molar refractivity (Wildman–Crippen MR) is 53.8 cm³/mol. The second-order valence-electron chi connectivity index (χ2n) is 2.77. The zero-order valence-corrected chi connectivity index (χ0v) is 8.28. The summed E-state index contributed by atoms with van der Waals surface area (Å²) in [4.78, 5) is 21.2. The molecule has 84 valence electrons. The van der Waals surface area contributed by atoms with Crippen molar-refractivity contribution in [3.05, 3.63) is 39.4 Å². The highest BCUT2D eigenvalue weighted by Crippen LogP contribution is 2.20. The lowest BCUT2D eigenvalue weighted by atomic mass is 10.1. The Morgan fingerprint density at radius 3 is 2.81 bits per heavy atom. The highest BCUT2D eigenvalue weighted by Gasteiger charge is 2.20. The van der Waals surface area contributed by atoms with E-state index in [1.165, 1.54) is 12.1 Å². The van der Waals surface area contributed by atoms with Gasteiger partial charge in [0.15, 0.2) is 0 Å². The van der Waals surface area contributed by atoms with E-state index in [1.54, 1.807) is 0 Å². The van der Waals surface area contributed by atoms with Gasteiger partial charge in [0.2, 0.25) is 0 Å². The Labute approximate surface area is 90.1 Å². The van der Waals surface area contributed by atoms with Crippen LogP contribution in [0.2, 0.25) is 0 Å². The van der Waals surface area contributed by atoms with Crippen LogP contribution in [0, 0.1) is 10.1 Å². The van der Waals surface area contributed by atoms with Gasteiger partial charge < -0.3 is 9.94 Å². The first-order chi connectivity index (χ1) is 7.60. The van der Waals surface area contributed by atoms with Gasteiger partial charge in [0, 0.05) is 6.07 Å². The molecule has 0 fully saturated rings. The molecule has 0 radical (unpaired) electrons. The van der Waals surface area contributed by atoms with Gasteiger partial charge in [-0.25, -0.2) is 4.79 Å². The molecule has 0 heterocycles. The number of nitro groups is 1. The third-order valence-corrected chi connectivity index (χ3v) is 1.83. The number of nitrogens with zero attached hydrogens (tertiary/aromatic N) is 2. The van der Waals surface area contributed by atoms with Gasteiger partial charge in [-0.1, -0.05) is 5.16 Å².